The molecule has 0 saturated heterocycles. The van der Waals surface area contributed by atoms with E-state index in [0.29, 0.717) is 12.6 Å². The van der Waals surface area contributed by atoms with Crippen LogP contribution in [-0.2, 0) is 19.4 Å². The fraction of sp³-hybridized carbons (Fsp3) is 0.280. The summed E-state index contributed by atoms with van der Waals surface area (Å²) in [5.41, 5.74) is 5.16. The van der Waals surface area contributed by atoms with Gasteiger partial charge in [-0.1, -0.05) is 54.6 Å². The predicted octanol–water partition coefficient (Wildman–Crippen LogP) is 5.63. The first kappa shape index (κ1) is 18.4. The monoisotopic (exact) mass is 373 g/mol. The Kier molecular flexibility index (Phi) is 5.81. The van der Waals surface area contributed by atoms with Gasteiger partial charge < -0.3 is 14.8 Å². The van der Waals surface area contributed by atoms with E-state index < -0.39 is 0 Å². The summed E-state index contributed by atoms with van der Waals surface area (Å²) < 4.78 is 11.5. The molecule has 3 heteroatoms. The molecule has 3 nitrogen and oxygen atoms in total. The molecule has 28 heavy (non-hydrogen) atoms. The van der Waals surface area contributed by atoms with E-state index in [1.165, 1.54) is 23.2 Å². The van der Waals surface area contributed by atoms with Crippen LogP contribution in [-0.4, -0.2) is 13.2 Å². The van der Waals surface area contributed by atoms with Gasteiger partial charge in [-0.25, -0.2) is 0 Å². The van der Waals surface area contributed by atoms with Crippen molar-refractivity contribution in [2.45, 2.75) is 38.3 Å². The maximum absolute atomic E-state index is 6.05. The second kappa shape index (κ2) is 8.83. The number of ether oxygens (including phenoxy) is 2. The molecular weight excluding hydrogens is 346 g/mol. The van der Waals surface area contributed by atoms with E-state index in [9.17, 15) is 0 Å². The molecule has 144 valence electrons. The van der Waals surface area contributed by atoms with E-state index in [2.05, 4.69) is 53.8 Å². The highest BCUT2D eigenvalue weighted by atomic mass is 16.5. The minimum atomic E-state index is 0.519. The highest BCUT2D eigenvalue weighted by Gasteiger charge is 2.17. The second-order valence-corrected chi connectivity index (χ2v) is 7.34. The number of benzene rings is 3. The number of rotatable bonds is 7. The summed E-state index contributed by atoms with van der Waals surface area (Å²) in [6.45, 7) is 0.543. The van der Waals surface area contributed by atoms with Crippen molar-refractivity contribution >= 4 is 5.69 Å². The summed E-state index contributed by atoms with van der Waals surface area (Å²) in [4.78, 5) is 0. The Morgan fingerprint density at radius 1 is 0.893 bits per heavy atom. The summed E-state index contributed by atoms with van der Waals surface area (Å²) in [5, 5.41) is 3.70. The fourth-order valence-electron chi connectivity index (χ4n) is 3.78. The molecule has 0 spiro atoms. The zero-order valence-electron chi connectivity index (χ0n) is 16.4. The summed E-state index contributed by atoms with van der Waals surface area (Å²) >= 11 is 0. The first-order valence-electron chi connectivity index (χ1n) is 10.00. The van der Waals surface area contributed by atoms with Crippen LogP contribution in [0.25, 0.3) is 0 Å². The first-order chi connectivity index (χ1) is 13.8. The molecule has 0 amide bonds. The summed E-state index contributed by atoms with van der Waals surface area (Å²) in [6, 6.07) is 25.7. The van der Waals surface area contributed by atoms with Crippen LogP contribution < -0.4 is 14.8 Å². The van der Waals surface area contributed by atoms with Gasteiger partial charge in [0, 0.05) is 11.7 Å². The molecule has 1 heterocycles. The molecule has 1 N–H and O–H groups in total. The van der Waals surface area contributed by atoms with E-state index in [1.807, 2.05) is 24.3 Å². The Morgan fingerprint density at radius 3 is 2.57 bits per heavy atom. The van der Waals surface area contributed by atoms with Gasteiger partial charge in [0.1, 0.15) is 6.61 Å². The quantitative estimate of drug-likeness (QED) is 0.582. The van der Waals surface area contributed by atoms with Crippen molar-refractivity contribution in [1.29, 1.82) is 0 Å². The van der Waals surface area contributed by atoms with Gasteiger partial charge in [-0.3, -0.25) is 0 Å². The van der Waals surface area contributed by atoms with Crippen LogP contribution in [0, 0.1) is 0 Å². The molecule has 0 fully saturated rings. The highest BCUT2D eigenvalue weighted by Crippen LogP contribution is 2.31. The second-order valence-electron chi connectivity index (χ2n) is 7.34. The largest absolute Gasteiger partial charge is 0.493 e. The standard InChI is InChI=1S/C25H27NO2/c1-27-24-16-12-19(17-25(24)28-18-20-7-3-2-4-8-20)11-14-22-15-13-21-9-5-6-10-23(21)26-22/h2-10,12,16-17,22,26H,11,13-15,18H2,1H3/t22-/m0/s1. The van der Waals surface area contributed by atoms with Crippen molar-refractivity contribution in [1.82, 2.24) is 0 Å². The van der Waals surface area contributed by atoms with E-state index in [1.54, 1.807) is 7.11 Å². The molecule has 0 radical (unpaired) electrons. The Morgan fingerprint density at radius 2 is 1.71 bits per heavy atom. The predicted molar refractivity (Wildman–Crippen MR) is 114 cm³/mol. The Bertz CT molecular complexity index is 907. The van der Waals surface area contributed by atoms with Crippen molar-refractivity contribution in [3.63, 3.8) is 0 Å². The molecule has 3 aromatic rings. The molecule has 1 aliphatic rings. The van der Waals surface area contributed by atoms with Crippen molar-refractivity contribution in [2.24, 2.45) is 0 Å². The average Bonchev–Trinajstić information content (AvgIpc) is 2.77. The van der Waals surface area contributed by atoms with Crippen LogP contribution in [0.4, 0.5) is 5.69 Å². The number of hydrogen-bond acceptors (Lipinski definition) is 3. The van der Waals surface area contributed by atoms with Gasteiger partial charge in [-0.2, -0.15) is 0 Å². The van der Waals surface area contributed by atoms with Crippen molar-refractivity contribution in [3.8, 4) is 11.5 Å². The third-order valence-electron chi connectivity index (χ3n) is 5.39. The van der Waals surface area contributed by atoms with Crippen LogP contribution >= 0.6 is 0 Å². The van der Waals surface area contributed by atoms with Gasteiger partial charge in [-0.05, 0) is 60.6 Å². The minimum Gasteiger partial charge on any atom is -0.493 e. The molecule has 0 aromatic heterocycles. The first-order valence-corrected chi connectivity index (χ1v) is 10.00. The molecule has 3 aromatic carbocycles. The number of methoxy groups -OCH3 is 1. The molecule has 0 unspecified atom stereocenters. The average molecular weight is 373 g/mol. The van der Waals surface area contributed by atoms with E-state index >= 15 is 0 Å². The van der Waals surface area contributed by atoms with Crippen LogP contribution in [0.1, 0.15) is 29.5 Å². The molecule has 0 saturated carbocycles. The van der Waals surface area contributed by atoms with Crippen LogP contribution in [0.2, 0.25) is 0 Å². The number of hydrogen-bond donors (Lipinski definition) is 1. The van der Waals surface area contributed by atoms with E-state index in [-0.39, 0.29) is 0 Å². The minimum absolute atomic E-state index is 0.519. The normalized spacial score (nSPS) is 15.4. The lowest BCUT2D eigenvalue weighted by atomic mass is 9.94. The SMILES string of the molecule is COc1ccc(CC[C@H]2CCc3ccccc3N2)cc1OCc1ccccc1. The highest BCUT2D eigenvalue weighted by molar-refractivity contribution is 5.53. The van der Waals surface area contributed by atoms with Gasteiger partial charge in [-0.15, -0.1) is 0 Å². The number of fused-ring (bicyclic) bond motifs is 1. The van der Waals surface area contributed by atoms with Gasteiger partial charge in [0.15, 0.2) is 11.5 Å². The lowest BCUT2D eigenvalue weighted by Gasteiger charge is -2.27. The Labute approximate surface area is 167 Å². The Balaban J connectivity index is 1.38. The number of nitrogens with one attached hydrogen (secondary N) is 1. The molecular formula is C25H27NO2. The van der Waals surface area contributed by atoms with Crippen LogP contribution in [0.5, 0.6) is 11.5 Å². The summed E-state index contributed by atoms with van der Waals surface area (Å²) in [5.74, 6) is 1.59. The lowest BCUT2D eigenvalue weighted by molar-refractivity contribution is 0.284. The molecule has 0 bridgehead atoms. The maximum Gasteiger partial charge on any atom is 0.161 e. The number of aryl methyl sites for hydroxylation is 2. The maximum atomic E-state index is 6.05. The lowest BCUT2D eigenvalue weighted by Crippen LogP contribution is -2.25. The number of para-hydroxylation sites is 1. The topological polar surface area (TPSA) is 30.5 Å². The van der Waals surface area contributed by atoms with E-state index in [4.69, 9.17) is 9.47 Å². The third-order valence-corrected chi connectivity index (χ3v) is 5.39. The van der Waals surface area contributed by atoms with Crippen LogP contribution in [0.15, 0.2) is 72.8 Å². The molecule has 0 aliphatic carbocycles. The summed E-state index contributed by atoms with van der Waals surface area (Å²) in [6.07, 6.45) is 4.47. The van der Waals surface area contributed by atoms with Gasteiger partial charge in [0.25, 0.3) is 0 Å². The fourth-order valence-corrected chi connectivity index (χ4v) is 3.78. The molecule has 4 rings (SSSR count). The van der Waals surface area contributed by atoms with Crippen molar-refractivity contribution in [2.75, 3.05) is 12.4 Å². The van der Waals surface area contributed by atoms with Crippen molar-refractivity contribution in [3.05, 3.63) is 89.5 Å². The zero-order valence-corrected chi connectivity index (χ0v) is 16.4. The van der Waals surface area contributed by atoms with Gasteiger partial charge in [0.05, 0.1) is 7.11 Å². The zero-order chi connectivity index (χ0) is 19.2. The van der Waals surface area contributed by atoms with Gasteiger partial charge in [0.2, 0.25) is 0 Å². The van der Waals surface area contributed by atoms with Gasteiger partial charge >= 0.3 is 0 Å². The molecule has 1 atom stereocenters. The van der Waals surface area contributed by atoms with Crippen molar-refractivity contribution < 1.29 is 9.47 Å². The Hall–Kier alpha value is -2.94. The van der Waals surface area contributed by atoms with E-state index in [0.717, 1.165) is 36.3 Å². The number of anilines is 1. The smallest absolute Gasteiger partial charge is 0.161 e. The summed E-state index contributed by atoms with van der Waals surface area (Å²) in [7, 11) is 1.69. The third kappa shape index (κ3) is 4.48. The molecule has 1 aliphatic heterocycles. The van der Waals surface area contributed by atoms with Crippen LogP contribution in [0.3, 0.4) is 0 Å².